The Hall–Kier alpha value is -0.0500. The Bertz CT molecular complexity index is 323. The highest BCUT2D eigenvalue weighted by Crippen LogP contribution is 2.43. The lowest BCUT2D eigenvalue weighted by Crippen LogP contribution is -1.99. The first kappa shape index (κ1) is 9.50. The Balaban J connectivity index is 2.28. The van der Waals surface area contributed by atoms with E-state index in [0.29, 0.717) is 10.9 Å². The van der Waals surface area contributed by atoms with E-state index in [1.807, 2.05) is 18.2 Å². The molecule has 0 saturated heterocycles. The van der Waals surface area contributed by atoms with Gasteiger partial charge in [-0.05, 0) is 36.5 Å². The van der Waals surface area contributed by atoms with Gasteiger partial charge in [-0.15, -0.1) is 0 Å². The second-order valence-corrected chi connectivity index (χ2v) is 4.77. The van der Waals surface area contributed by atoms with Crippen LogP contribution in [0.4, 0.5) is 0 Å². The molecular weight excluding hydrogens is 251 g/mol. The van der Waals surface area contributed by atoms with Gasteiger partial charge in [0.1, 0.15) is 0 Å². The lowest BCUT2D eigenvalue weighted by Gasteiger charge is -2.11. The fourth-order valence-corrected chi connectivity index (χ4v) is 2.19. The summed E-state index contributed by atoms with van der Waals surface area (Å²) in [7, 11) is 0. The van der Waals surface area contributed by atoms with Crippen LogP contribution in [0, 0.1) is 5.92 Å². The summed E-state index contributed by atoms with van der Waals surface area (Å²) < 4.78 is 0.948. The molecule has 0 aliphatic heterocycles. The van der Waals surface area contributed by atoms with Crippen LogP contribution in [-0.4, -0.2) is 5.11 Å². The molecule has 1 atom stereocenters. The van der Waals surface area contributed by atoms with Gasteiger partial charge < -0.3 is 5.11 Å². The molecule has 0 amide bonds. The maximum Gasteiger partial charge on any atom is 0.0832 e. The zero-order valence-corrected chi connectivity index (χ0v) is 9.35. The van der Waals surface area contributed by atoms with Crippen LogP contribution in [-0.2, 0) is 0 Å². The Labute approximate surface area is 90.9 Å². The van der Waals surface area contributed by atoms with E-state index in [4.69, 9.17) is 11.6 Å². The van der Waals surface area contributed by atoms with Gasteiger partial charge >= 0.3 is 0 Å². The van der Waals surface area contributed by atoms with Gasteiger partial charge in [0.15, 0.2) is 0 Å². The van der Waals surface area contributed by atoms with E-state index in [1.165, 1.54) is 0 Å². The van der Waals surface area contributed by atoms with Crippen molar-refractivity contribution in [2.24, 2.45) is 5.92 Å². The highest BCUT2D eigenvalue weighted by atomic mass is 79.9. The van der Waals surface area contributed by atoms with Gasteiger partial charge in [0.05, 0.1) is 6.10 Å². The number of rotatable bonds is 2. The highest BCUT2D eigenvalue weighted by Gasteiger charge is 2.31. The SMILES string of the molecule is OC(c1ccc(Br)cc1Cl)C1CC1. The molecule has 0 heterocycles. The number of aliphatic hydroxyl groups is 1. The van der Waals surface area contributed by atoms with Crippen LogP contribution in [0.25, 0.3) is 0 Å². The molecule has 1 aliphatic carbocycles. The molecule has 1 unspecified atom stereocenters. The van der Waals surface area contributed by atoms with Crippen molar-refractivity contribution in [3.63, 3.8) is 0 Å². The van der Waals surface area contributed by atoms with E-state index in [-0.39, 0.29) is 6.10 Å². The first-order valence-electron chi connectivity index (χ1n) is 4.31. The Morgan fingerprint density at radius 3 is 2.69 bits per heavy atom. The molecule has 1 N–H and O–H groups in total. The zero-order valence-electron chi connectivity index (χ0n) is 7.00. The molecule has 0 bridgehead atoms. The van der Waals surface area contributed by atoms with Gasteiger partial charge in [-0.3, -0.25) is 0 Å². The molecule has 1 saturated carbocycles. The lowest BCUT2D eigenvalue weighted by atomic mass is 10.1. The molecule has 1 fully saturated rings. The van der Waals surface area contributed by atoms with Gasteiger partial charge in [0, 0.05) is 9.50 Å². The minimum Gasteiger partial charge on any atom is -0.388 e. The fourth-order valence-electron chi connectivity index (χ4n) is 1.41. The van der Waals surface area contributed by atoms with Crippen LogP contribution in [0.15, 0.2) is 22.7 Å². The monoisotopic (exact) mass is 260 g/mol. The molecule has 13 heavy (non-hydrogen) atoms. The van der Waals surface area contributed by atoms with Crippen molar-refractivity contribution in [3.8, 4) is 0 Å². The van der Waals surface area contributed by atoms with Crippen LogP contribution in [0.3, 0.4) is 0 Å². The molecule has 0 radical (unpaired) electrons. The normalized spacial score (nSPS) is 18.7. The number of hydrogen-bond acceptors (Lipinski definition) is 1. The number of aliphatic hydroxyl groups excluding tert-OH is 1. The summed E-state index contributed by atoms with van der Waals surface area (Å²) in [6.45, 7) is 0. The van der Waals surface area contributed by atoms with Crippen LogP contribution in [0.1, 0.15) is 24.5 Å². The second-order valence-electron chi connectivity index (χ2n) is 3.45. The largest absolute Gasteiger partial charge is 0.388 e. The Morgan fingerprint density at radius 2 is 2.15 bits per heavy atom. The van der Waals surface area contributed by atoms with Crippen molar-refractivity contribution in [3.05, 3.63) is 33.3 Å². The second kappa shape index (κ2) is 3.60. The van der Waals surface area contributed by atoms with Crippen LogP contribution in [0.5, 0.6) is 0 Å². The molecule has 0 spiro atoms. The van der Waals surface area contributed by atoms with Crippen molar-refractivity contribution in [2.45, 2.75) is 18.9 Å². The van der Waals surface area contributed by atoms with Crippen molar-refractivity contribution in [1.29, 1.82) is 0 Å². The first-order chi connectivity index (χ1) is 6.18. The third-order valence-electron chi connectivity index (χ3n) is 2.35. The average molecular weight is 262 g/mol. The molecule has 1 aliphatic rings. The van der Waals surface area contributed by atoms with Crippen LogP contribution < -0.4 is 0 Å². The maximum absolute atomic E-state index is 9.83. The van der Waals surface area contributed by atoms with Crippen LogP contribution in [0.2, 0.25) is 5.02 Å². The van der Waals surface area contributed by atoms with E-state index in [0.717, 1.165) is 22.9 Å². The summed E-state index contributed by atoms with van der Waals surface area (Å²) in [4.78, 5) is 0. The third-order valence-corrected chi connectivity index (χ3v) is 3.17. The summed E-state index contributed by atoms with van der Waals surface area (Å²) >= 11 is 9.34. The van der Waals surface area contributed by atoms with E-state index in [1.54, 1.807) is 0 Å². The summed E-state index contributed by atoms with van der Waals surface area (Å²) in [5.74, 6) is 0.429. The van der Waals surface area contributed by atoms with Crippen LogP contribution >= 0.6 is 27.5 Å². The lowest BCUT2D eigenvalue weighted by molar-refractivity contribution is 0.154. The average Bonchev–Trinajstić information content (AvgIpc) is 2.85. The highest BCUT2D eigenvalue weighted by molar-refractivity contribution is 9.10. The summed E-state index contributed by atoms with van der Waals surface area (Å²) in [5, 5.41) is 10.5. The molecule has 1 aromatic carbocycles. The molecule has 1 aromatic rings. The molecule has 2 rings (SSSR count). The van der Waals surface area contributed by atoms with Crippen molar-refractivity contribution >= 4 is 27.5 Å². The minimum atomic E-state index is -0.374. The van der Waals surface area contributed by atoms with E-state index >= 15 is 0 Å². The van der Waals surface area contributed by atoms with E-state index < -0.39 is 0 Å². The van der Waals surface area contributed by atoms with Gasteiger partial charge in [0.2, 0.25) is 0 Å². The zero-order chi connectivity index (χ0) is 9.42. The van der Waals surface area contributed by atoms with Gasteiger partial charge in [0.25, 0.3) is 0 Å². The quantitative estimate of drug-likeness (QED) is 0.863. The van der Waals surface area contributed by atoms with Gasteiger partial charge in [-0.1, -0.05) is 33.6 Å². The van der Waals surface area contributed by atoms with Crippen molar-refractivity contribution < 1.29 is 5.11 Å². The molecule has 0 aromatic heterocycles. The number of hydrogen-bond donors (Lipinski definition) is 1. The summed E-state index contributed by atoms with van der Waals surface area (Å²) in [5.41, 5.74) is 0.854. The Morgan fingerprint density at radius 1 is 1.46 bits per heavy atom. The first-order valence-corrected chi connectivity index (χ1v) is 5.48. The topological polar surface area (TPSA) is 20.2 Å². The molecule has 70 valence electrons. The molecule has 3 heteroatoms. The number of benzene rings is 1. The predicted molar refractivity (Wildman–Crippen MR) is 56.8 cm³/mol. The fraction of sp³-hybridized carbons (Fsp3) is 0.400. The van der Waals surface area contributed by atoms with E-state index in [2.05, 4.69) is 15.9 Å². The van der Waals surface area contributed by atoms with Gasteiger partial charge in [-0.2, -0.15) is 0 Å². The van der Waals surface area contributed by atoms with Gasteiger partial charge in [-0.25, -0.2) is 0 Å². The summed E-state index contributed by atoms with van der Waals surface area (Å²) in [6.07, 6.45) is 1.86. The van der Waals surface area contributed by atoms with E-state index in [9.17, 15) is 5.11 Å². The van der Waals surface area contributed by atoms with Crippen molar-refractivity contribution in [1.82, 2.24) is 0 Å². The van der Waals surface area contributed by atoms with Crippen molar-refractivity contribution in [2.75, 3.05) is 0 Å². The summed E-state index contributed by atoms with van der Waals surface area (Å²) in [6, 6.07) is 5.62. The smallest absolute Gasteiger partial charge is 0.0832 e. The predicted octanol–water partition coefficient (Wildman–Crippen LogP) is 3.55. The Kier molecular flexibility index (Phi) is 2.63. The molecule has 1 nitrogen and oxygen atoms in total. The maximum atomic E-state index is 9.83. The standard InChI is InChI=1S/C10H10BrClO/c11-7-3-4-8(9(12)5-7)10(13)6-1-2-6/h3-6,10,13H,1-2H2. The third kappa shape index (κ3) is 2.06. The number of halogens is 2. The minimum absolute atomic E-state index is 0.374. The molecular formula is C10H10BrClO.